The number of H-pyrrole nitrogens is 1. The van der Waals surface area contributed by atoms with Crippen LogP contribution in [0.4, 0.5) is 13.2 Å². The van der Waals surface area contributed by atoms with Crippen LogP contribution in [-0.2, 0) is 6.18 Å². The first-order valence-corrected chi connectivity index (χ1v) is 3.17. The van der Waals surface area contributed by atoms with E-state index in [-0.39, 0.29) is 34.1 Å². The van der Waals surface area contributed by atoms with Crippen LogP contribution in [0.2, 0.25) is 0 Å². The Morgan fingerprint density at radius 3 is 2.25 bits per heavy atom. The second-order valence-corrected chi connectivity index (χ2v) is 2.36. The number of hydrogen-bond acceptors (Lipinski definition) is 1. The van der Waals surface area contributed by atoms with Gasteiger partial charge in [0, 0.05) is 42.0 Å². The van der Waals surface area contributed by atoms with Crippen molar-refractivity contribution >= 4 is 41.8 Å². The molecule has 1 aromatic rings. The van der Waals surface area contributed by atoms with Gasteiger partial charge in [-0.15, -0.1) is 0 Å². The van der Waals surface area contributed by atoms with Crippen LogP contribution in [0.25, 0.3) is 0 Å². The minimum Gasteiger partial charge on any atom is -0.367 e. The van der Waals surface area contributed by atoms with E-state index in [0.717, 1.165) is 6.20 Å². The molecule has 0 fully saturated rings. The Morgan fingerprint density at radius 1 is 1.33 bits per heavy atom. The molecule has 61 valence electrons. The molecule has 1 heterocycles. The van der Waals surface area contributed by atoms with Crippen molar-refractivity contribution in [2.45, 2.75) is 6.18 Å². The SMILES string of the molecule is FC(F)(F)c1c[nH]ccc1=S.[Na]. The summed E-state index contributed by atoms with van der Waals surface area (Å²) in [5.41, 5.74) is -0.796. The number of nitrogens with one attached hydrogen (secondary N) is 1. The number of aromatic nitrogens is 1. The third-order valence-electron chi connectivity index (χ3n) is 1.13. The molecule has 0 saturated carbocycles. The van der Waals surface area contributed by atoms with Crippen LogP contribution in [0.15, 0.2) is 18.5 Å². The van der Waals surface area contributed by atoms with Crippen LogP contribution in [0.1, 0.15) is 5.56 Å². The van der Waals surface area contributed by atoms with E-state index in [1.807, 2.05) is 0 Å². The predicted octanol–water partition coefficient (Wildman–Crippen LogP) is 2.38. The molecule has 0 aromatic carbocycles. The van der Waals surface area contributed by atoms with E-state index in [1.54, 1.807) is 0 Å². The Kier molecular flexibility index (Phi) is 4.47. The molecule has 1 rings (SSSR count). The molecule has 0 unspecified atom stereocenters. The average Bonchev–Trinajstić information content (AvgIpc) is 1.86. The number of alkyl halides is 3. The van der Waals surface area contributed by atoms with Gasteiger partial charge in [-0.05, 0) is 6.07 Å². The van der Waals surface area contributed by atoms with Crippen molar-refractivity contribution in [3.63, 3.8) is 0 Å². The molecule has 12 heavy (non-hydrogen) atoms. The number of halogens is 3. The van der Waals surface area contributed by atoms with Gasteiger partial charge in [-0.25, -0.2) is 0 Å². The van der Waals surface area contributed by atoms with E-state index in [9.17, 15) is 13.2 Å². The van der Waals surface area contributed by atoms with E-state index in [2.05, 4.69) is 17.2 Å². The summed E-state index contributed by atoms with van der Waals surface area (Å²) < 4.78 is 35.7. The van der Waals surface area contributed by atoms with Crippen LogP contribution in [-0.4, -0.2) is 34.5 Å². The first-order chi connectivity index (χ1) is 5.02. The molecule has 0 bridgehead atoms. The van der Waals surface area contributed by atoms with Crippen molar-refractivity contribution < 1.29 is 13.2 Å². The van der Waals surface area contributed by atoms with Crippen LogP contribution in [0.5, 0.6) is 0 Å². The molecule has 1 nitrogen and oxygen atoms in total. The molecule has 0 amide bonds. The Morgan fingerprint density at radius 2 is 1.92 bits per heavy atom. The Labute approximate surface area is 94.3 Å². The maximum absolute atomic E-state index is 12.0. The van der Waals surface area contributed by atoms with Crippen LogP contribution < -0.4 is 0 Å². The smallest absolute Gasteiger partial charge is 0.367 e. The summed E-state index contributed by atoms with van der Waals surface area (Å²) >= 11 is 4.46. The van der Waals surface area contributed by atoms with Gasteiger partial charge < -0.3 is 4.98 Å². The van der Waals surface area contributed by atoms with Crippen molar-refractivity contribution in [3.8, 4) is 0 Å². The summed E-state index contributed by atoms with van der Waals surface area (Å²) in [4.78, 5) is 2.32. The maximum atomic E-state index is 12.0. The van der Waals surface area contributed by atoms with Gasteiger partial charge in [0.15, 0.2) is 0 Å². The largest absolute Gasteiger partial charge is 0.419 e. The summed E-state index contributed by atoms with van der Waals surface area (Å²) in [5, 5.41) is 0. The van der Waals surface area contributed by atoms with Crippen molar-refractivity contribution in [2.24, 2.45) is 0 Å². The van der Waals surface area contributed by atoms with Crippen molar-refractivity contribution in [1.29, 1.82) is 0 Å². The second-order valence-electron chi connectivity index (χ2n) is 1.92. The number of pyridine rings is 1. The summed E-state index contributed by atoms with van der Waals surface area (Å²) in [5.74, 6) is 0. The molecule has 0 atom stereocenters. The molecule has 0 aliphatic rings. The fourth-order valence-corrected chi connectivity index (χ4v) is 0.880. The van der Waals surface area contributed by atoms with Crippen LogP contribution in [0.3, 0.4) is 0 Å². The van der Waals surface area contributed by atoms with Crippen LogP contribution >= 0.6 is 12.2 Å². The summed E-state index contributed by atoms with van der Waals surface area (Å²) in [6.07, 6.45) is -2.14. The molecular weight excluding hydrogens is 198 g/mol. The fourth-order valence-electron chi connectivity index (χ4n) is 0.638. The van der Waals surface area contributed by atoms with Crippen molar-refractivity contribution in [3.05, 3.63) is 28.5 Å². The maximum Gasteiger partial charge on any atom is 0.419 e. The first kappa shape index (κ1) is 12.2. The molecule has 1 N–H and O–H groups in total. The Hall–Kier alpha value is 0.160. The van der Waals surface area contributed by atoms with Gasteiger partial charge in [-0.3, -0.25) is 0 Å². The monoisotopic (exact) mass is 202 g/mol. The Balaban J connectivity index is 0.00000121. The first-order valence-electron chi connectivity index (χ1n) is 2.76. The molecule has 0 aliphatic heterocycles. The zero-order chi connectivity index (χ0) is 8.48. The summed E-state index contributed by atoms with van der Waals surface area (Å²) in [6, 6.07) is 1.21. The molecule has 1 aromatic heterocycles. The molecule has 1 radical (unpaired) electrons. The quantitative estimate of drug-likeness (QED) is 0.504. The number of aromatic amines is 1. The van der Waals surface area contributed by atoms with Gasteiger partial charge in [0.1, 0.15) is 0 Å². The third-order valence-corrected chi connectivity index (χ3v) is 1.49. The van der Waals surface area contributed by atoms with Crippen molar-refractivity contribution in [2.75, 3.05) is 0 Å². The van der Waals surface area contributed by atoms with Gasteiger partial charge in [0.05, 0.1) is 10.1 Å². The zero-order valence-corrected chi connectivity index (χ0v) is 9.09. The standard InChI is InChI=1S/C6H4F3NS.Na/c7-6(8,9)4-3-10-2-1-5(4)11;/h1-3H,(H,10,11);. The van der Waals surface area contributed by atoms with Gasteiger partial charge in [-0.2, -0.15) is 13.2 Å². The van der Waals surface area contributed by atoms with Gasteiger partial charge in [-0.1, -0.05) is 12.2 Å². The number of hydrogen-bond donors (Lipinski definition) is 1. The minimum absolute atomic E-state index is 0. The Bertz CT molecular complexity index is 306. The summed E-state index contributed by atoms with van der Waals surface area (Å²) in [7, 11) is 0. The molecular formula is C6H4F3NNaS. The van der Waals surface area contributed by atoms with Gasteiger partial charge in [0.25, 0.3) is 0 Å². The molecule has 6 heteroatoms. The van der Waals surface area contributed by atoms with E-state index >= 15 is 0 Å². The number of rotatable bonds is 0. The van der Waals surface area contributed by atoms with Gasteiger partial charge in [0.2, 0.25) is 0 Å². The zero-order valence-electron chi connectivity index (χ0n) is 6.27. The normalized spacial score (nSPS) is 10.6. The summed E-state index contributed by atoms with van der Waals surface area (Å²) in [6.45, 7) is 0. The topological polar surface area (TPSA) is 15.8 Å². The van der Waals surface area contributed by atoms with E-state index < -0.39 is 11.7 Å². The van der Waals surface area contributed by atoms with E-state index in [1.165, 1.54) is 12.3 Å². The van der Waals surface area contributed by atoms with Crippen molar-refractivity contribution in [1.82, 2.24) is 4.98 Å². The van der Waals surface area contributed by atoms with E-state index in [0.29, 0.717) is 0 Å². The molecule has 0 aliphatic carbocycles. The average molecular weight is 202 g/mol. The predicted molar refractivity (Wildman–Crippen MR) is 42.4 cm³/mol. The van der Waals surface area contributed by atoms with E-state index in [4.69, 9.17) is 0 Å². The molecule has 0 spiro atoms. The minimum atomic E-state index is -4.35. The second kappa shape index (κ2) is 4.41. The van der Waals surface area contributed by atoms with Crippen LogP contribution in [0, 0.1) is 4.51 Å². The fraction of sp³-hybridized carbons (Fsp3) is 0.167. The van der Waals surface area contributed by atoms with Gasteiger partial charge >= 0.3 is 6.18 Å². The molecule has 0 saturated heterocycles. The third kappa shape index (κ3) is 2.90.